The van der Waals surface area contributed by atoms with E-state index >= 15 is 0 Å². The van der Waals surface area contributed by atoms with E-state index in [9.17, 15) is 14.5 Å². The summed E-state index contributed by atoms with van der Waals surface area (Å²) in [7, 11) is 0. The van der Waals surface area contributed by atoms with Gasteiger partial charge in [-0.25, -0.2) is 4.39 Å². The number of halogens is 1. The Morgan fingerprint density at radius 1 is 1.08 bits per heavy atom. The molecule has 0 amide bonds. The van der Waals surface area contributed by atoms with Gasteiger partial charge in [0.2, 0.25) is 0 Å². The van der Waals surface area contributed by atoms with Crippen molar-refractivity contribution in [2.75, 3.05) is 6.54 Å². The zero-order chi connectivity index (χ0) is 18.6. The molecule has 25 heavy (non-hydrogen) atoms. The Hall–Kier alpha value is -2.73. The molecule has 0 fully saturated rings. The van der Waals surface area contributed by atoms with E-state index in [0.717, 1.165) is 22.4 Å². The fourth-order valence-corrected chi connectivity index (χ4v) is 2.46. The first-order valence-electron chi connectivity index (χ1n) is 7.93. The number of nitrogens with two attached hydrogens (primary N) is 1. The first-order chi connectivity index (χ1) is 11.7. The summed E-state index contributed by atoms with van der Waals surface area (Å²) in [6, 6.07) is 12.4. The van der Waals surface area contributed by atoms with Crippen LogP contribution in [0.3, 0.4) is 0 Å². The number of hydrogen-bond acceptors (Lipinski definition) is 4. The van der Waals surface area contributed by atoms with Crippen molar-refractivity contribution in [3.63, 3.8) is 0 Å². The number of nitro benzene ring substituents is 1. The molecule has 0 aliphatic heterocycles. The summed E-state index contributed by atoms with van der Waals surface area (Å²) in [4.78, 5) is 10.4. The Morgan fingerprint density at radius 3 is 2.04 bits per heavy atom. The molecule has 0 radical (unpaired) electrons. The molecule has 3 N–H and O–H groups in total. The molecule has 6 heteroatoms. The van der Waals surface area contributed by atoms with Gasteiger partial charge in [-0.2, -0.15) is 0 Å². The first-order valence-corrected chi connectivity index (χ1v) is 7.93. The average molecular weight is 343 g/mol. The molecule has 0 saturated heterocycles. The smallest absolute Gasteiger partial charge is 0.269 e. The molecule has 0 heterocycles. The average Bonchev–Trinajstić information content (AvgIpc) is 2.55. The predicted octanol–water partition coefficient (Wildman–Crippen LogP) is 3.95. The van der Waals surface area contributed by atoms with Crippen LogP contribution in [0.2, 0.25) is 0 Å². The lowest BCUT2D eigenvalue weighted by Crippen LogP contribution is -2.35. The summed E-state index contributed by atoms with van der Waals surface area (Å²) in [6.07, 6.45) is 0. The van der Waals surface area contributed by atoms with Crippen molar-refractivity contribution in [2.24, 2.45) is 5.73 Å². The minimum absolute atomic E-state index is 0.0206. The van der Waals surface area contributed by atoms with Crippen LogP contribution < -0.4 is 11.1 Å². The molecule has 0 atom stereocenters. The largest absolute Gasteiger partial charge is 0.380 e. The minimum atomic E-state index is -0.441. The molecule has 0 saturated carbocycles. The number of non-ortho nitro benzene ring substituents is 1. The molecule has 0 aromatic heterocycles. The molecule has 2 aromatic carbocycles. The molecular formula is C19H22FN3O2. The minimum Gasteiger partial charge on any atom is -0.380 e. The van der Waals surface area contributed by atoms with Gasteiger partial charge in [0.1, 0.15) is 5.82 Å². The quantitative estimate of drug-likeness (QED) is 0.489. The third-order valence-corrected chi connectivity index (χ3v) is 3.57. The summed E-state index contributed by atoms with van der Waals surface area (Å²) in [5.41, 5.74) is 8.93. The number of nitrogens with zero attached hydrogens (tertiary/aromatic N) is 1. The second-order valence-electron chi connectivity index (χ2n) is 6.74. The van der Waals surface area contributed by atoms with E-state index in [4.69, 9.17) is 5.73 Å². The Kier molecular flexibility index (Phi) is 5.54. The summed E-state index contributed by atoms with van der Waals surface area (Å²) in [6.45, 7) is 6.27. The lowest BCUT2D eigenvalue weighted by atomic mass is 9.97. The van der Waals surface area contributed by atoms with Crippen LogP contribution in [-0.4, -0.2) is 17.0 Å². The lowest BCUT2D eigenvalue weighted by Gasteiger charge is -2.27. The second-order valence-corrected chi connectivity index (χ2v) is 6.74. The summed E-state index contributed by atoms with van der Waals surface area (Å²) in [5.74, 6) is -0.316. The van der Waals surface area contributed by atoms with Gasteiger partial charge in [0.25, 0.3) is 5.69 Å². The summed E-state index contributed by atoms with van der Waals surface area (Å²) >= 11 is 0. The molecule has 0 aliphatic carbocycles. The first kappa shape index (κ1) is 18.6. The summed E-state index contributed by atoms with van der Waals surface area (Å²) < 4.78 is 13.3. The standard InChI is InChI=1S/C19H22FN3O2/c1-19(2,3)22-18(14-4-8-15(20)9-5-14)17(12-21)13-6-10-16(11-7-13)23(24)25/h4-11,22H,12,21H2,1-3H3/b18-17+. The van der Waals surface area contributed by atoms with Crippen LogP contribution in [0.25, 0.3) is 11.3 Å². The number of nitrogens with one attached hydrogen (secondary N) is 1. The Labute approximate surface area is 146 Å². The van der Waals surface area contributed by atoms with Gasteiger partial charge in [-0.1, -0.05) is 0 Å². The normalized spacial score (nSPS) is 12.5. The van der Waals surface area contributed by atoms with Crippen molar-refractivity contribution < 1.29 is 9.31 Å². The highest BCUT2D eigenvalue weighted by Crippen LogP contribution is 2.27. The third-order valence-electron chi connectivity index (χ3n) is 3.57. The number of benzene rings is 2. The monoisotopic (exact) mass is 343 g/mol. The van der Waals surface area contributed by atoms with E-state index in [1.165, 1.54) is 24.3 Å². The zero-order valence-corrected chi connectivity index (χ0v) is 14.5. The Balaban J connectivity index is 2.59. The number of hydrogen-bond donors (Lipinski definition) is 2. The van der Waals surface area contributed by atoms with E-state index in [1.807, 2.05) is 20.8 Å². The maximum absolute atomic E-state index is 13.3. The molecule has 0 spiro atoms. The van der Waals surface area contributed by atoms with E-state index in [2.05, 4.69) is 5.32 Å². The highest BCUT2D eigenvalue weighted by Gasteiger charge is 2.18. The van der Waals surface area contributed by atoms with Gasteiger partial charge in [0.15, 0.2) is 0 Å². The van der Waals surface area contributed by atoms with Crippen molar-refractivity contribution in [3.8, 4) is 0 Å². The fraction of sp³-hybridized carbons (Fsp3) is 0.263. The van der Waals surface area contributed by atoms with Crippen LogP contribution in [0.4, 0.5) is 10.1 Å². The van der Waals surface area contributed by atoms with E-state index in [0.29, 0.717) is 0 Å². The highest BCUT2D eigenvalue weighted by molar-refractivity contribution is 5.91. The fourth-order valence-electron chi connectivity index (χ4n) is 2.46. The molecule has 0 bridgehead atoms. The molecule has 2 aromatic rings. The van der Waals surface area contributed by atoms with Crippen LogP contribution in [0.5, 0.6) is 0 Å². The Bertz CT molecular complexity index is 776. The summed E-state index contributed by atoms with van der Waals surface area (Å²) in [5, 5.41) is 14.3. The van der Waals surface area contributed by atoms with Crippen molar-refractivity contribution in [2.45, 2.75) is 26.3 Å². The van der Waals surface area contributed by atoms with Gasteiger partial charge < -0.3 is 11.1 Å². The van der Waals surface area contributed by atoms with Gasteiger partial charge in [-0.15, -0.1) is 0 Å². The highest BCUT2D eigenvalue weighted by atomic mass is 19.1. The van der Waals surface area contributed by atoms with Crippen molar-refractivity contribution in [1.29, 1.82) is 0 Å². The molecule has 0 unspecified atom stereocenters. The molecular weight excluding hydrogens is 321 g/mol. The van der Waals surface area contributed by atoms with Crippen LogP contribution in [-0.2, 0) is 0 Å². The van der Waals surface area contributed by atoms with Gasteiger partial charge in [-0.05, 0) is 73.9 Å². The van der Waals surface area contributed by atoms with Crippen molar-refractivity contribution in [3.05, 3.63) is 75.6 Å². The van der Waals surface area contributed by atoms with E-state index < -0.39 is 4.92 Å². The molecule has 0 aliphatic rings. The van der Waals surface area contributed by atoms with Crippen molar-refractivity contribution in [1.82, 2.24) is 5.32 Å². The van der Waals surface area contributed by atoms with Gasteiger partial charge >= 0.3 is 0 Å². The van der Waals surface area contributed by atoms with E-state index in [1.54, 1.807) is 24.3 Å². The van der Waals surface area contributed by atoms with Gasteiger partial charge in [0.05, 0.1) is 4.92 Å². The lowest BCUT2D eigenvalue weighted by molar-refractivity contribution is -0.384. The van der Waals surface area contributed by atoms with Crippen LogP contribution in [0, 0.1) is 15.9 Å². The topological polar surface area (TPSA) is 81.2 Å². The van der Waals surface area contributed by atoms with Crippen LogP contribution in [0.1, 0.15) is 31.9 Å². The maximum Gasteiger partial charge on any atom is 0.269 e. The third kappa shape index (κ3) is 4.87. The van der Waals surface area contributed by atoms with E-state index in [-0.39, 0.29) is 23.6 Å². The van der Waals surface area contributed by atoms with Crippen LogP contribution >= 0.6 is 0 Å². The number of rotatable bonds is 5. The number of nitro groups is 1. The van der Waals surface area contributed by atoms with Gasteiger partial charge in [0, 0.05) is 29.9 Å². The molecule has 2 rings (SSSR count). The van der Waals surface area contributed by atoms with Crippen LogP contribution in [0.15, 0.2) is 48.5 Å². The SMILES string of the molecule is CC(C)(C)N/C(=C(\CN)c1ccc([N+](=O)[O-])cc1)c1ccc(F)cc1. The zero-order valence-electron chi connectivity index (χ0n) is 14.5. The van der Waals surface area contributed by atoms with Crippen molar-refractivity contribution >= 4 is 17.0 Å². The van der Waals surface area contributed by atoms with Gasteiger partial charge in [-0.3, -0.25) is 10.1 Å². The second kappa shape index (κ2) is 7.44. The maximum atomic E-state index is 13.3. The predicted molar refractivity (Wildman–Crippen MR) is 98.3 cm³/mol. The molecule has 5 nitrogen and oxygen atoms in total. The Morgan fingerprint density at radius 2 is 1.60 bits per heavy atom. The molecule has 132 valence electrons.